The van der Waals surface area contributed by atoms with Crippen molar-refractivity contribution in [1.82, 2.24) is 8.61 Å². The topological polar surface area (TPSA) is 66.6 Å². The van der Waals surface area contributed by atoms with Crippen molar-refractivity contribution in [1.29, 1.82) is 0 Å². The second-order valence-electron chi connectivity index (χ2n) is 6.08. The molecule has 0 radical (unpaired) electrons. The predicted molar refractivity (Wildman–Crippen MR) is 76.9 cm³/mol. The lowest BCUT2D eigenvalue weighted by molar-refractivity contribution is 0.204. The molecule has 2 N–H and O–H groups in total. The molecule has 0 bridgehead atoms. The Hall–Kier alpha value is -0.170. The van der Waals surface area contributed by atoms with Crippen LogP contribution >= 0.6 is 0 Å². The molecule has 2 aliphatic heterocycles. The molecule has 0 saturated carbocycles. The lowest BCUT2D eigenvalue weighted by atomic mass is 9.93. The quantitative estimate of drug-likeness (QED) is 0.848. The largest absolute Gasteiger partial charge is 0.328 e. The van der Waals surface area contributed by atoms with Crippen LogP contribution in [0.2, 0.25) is 0 Å². The Morgan fingerprint density at radius 1 is 1.16 bits per heavy atom. The molecule has 2 heterocycles. The van der Waals surface area contributed by atoms with E-state index in [0.717, 1.165) is 32.1 Å². The summed E-state index contributed by atoms with van der Waals surface area (Å²) in [4.78, 5) is 0. The Morgan fingerprint density at radius 2 is 1.89 bits per heavy atom. The van der Waals surface area contributed by atoms with E-state index in [0.29, 0.717) is 25.6 Å². The van der Waals surface area contributed by atoms with Crippen LogP contribution in [0.25, 0.3) is 0 Å². The molecule has 5 nitrogen and oxygen atoms in total. The molecule has 3 atom stereocenters. The van der Waals surface area contributed by atoms with Crippen LogP contribution in [0, 0.1) is 5.92 Å². The summed E-state index contributed by atoms with van der Waals surface area (Å²) in [5.74, 6) is 0.295. The van der Waals surface area contributed by atoms with Gasteiger partial charge in [-0.05, 0) is 45.4 Å². The summed E-state index contributed by atoms with van der Waals surface area (Å²) in [6.45, 7) is 5.90. The maximum atomic E-state index is 12.7. The molecular formula is C13H27N3O2S. The van der Waals surface area contributed by atoms with Gasteiger partial charge in [0, 0.05) is 31.7 Å². The lowest BCUT2D eigenvalue weighted by Crippen LogP contribution is -2.53. The first-order valence-corrected chi connectivity index (χ1v) is 8.85. The Balaban J connectivity index is 2.10. The zero-order chi connectivity index (χ0) is 14.0. The summed E-state index contributed by atoms with van der Waals surface area (Å²) < 4.78 is 28.8. The van der Waals surface area contributed by atoms with Gasteiger partial charge in [-0.1, -0.05) is 6.42 Å². The molecule has 2 saturated heterocycles. The molecule has 112 valence electrons. The highest BCUT2D eigenvalue weighted by Crippen LogP contribution is 2.27. The fraction of sp³-hybridized carbons (Fsp3) is 1.00. The minimum atomic E-state index is -3.29. The third-order valence-corrected chi connectivity index (χ3v) is 6.65. The second-order valence-corrected chi connectivity index (χ2v) is 7.96. The smallest absolute Gasteiger partial charge is 0.282 e. The van der Waals surface area contributed by atoms with Crippen LogP contribution in [0.15, 0.2) is 0 Å². The number of nitrogens with zero attached hydrogens (tertiary/aromatic N) is 2. The van der Waals surface area contributed by atoms with E-state index in [-0.39, 0.29) is 12.1 Å². The highest BCUT2D eigenvalue weighted by Gasteiger charge is 2.37. The lowest BCUT2D eigenvalue weighted by Gasteiger charge is -2.40. The number of hydrogen-bond donors (Lipinski definition) is 1. The molecular weight excluding hydrogens is 262 g/mol. The first-order chi connectivity index (χ1) is 8.93. The SMILES string of the molecule is CC(N)C1CCCN(S(=O)(=O)N2CCCCC2C)C1. The minimum absolute atomic E-state index is 0.0665. The fourth-order valence-corrected chi connectivity index (χ4v) is 5.13. The molecule has 0 spiro atoms. The zero-order valence-corrected chi connectivity index (χ0v) is 12.9. The standard InChI is InChI=1S/C13H27N3O2S/c1-11-6-3-4-9-16(11)19(17,18)15-8-5-7-13(10-15)12(2)14/h11-13H,3-10,14H2,1-2H3. The van der Waals surface area contributed by atoms with Crippen molar-refractivity contribution >= 4 is 10.2 Å². The third kappa shape index (κ3) is 3.29. The summed E-state index contributed by atoms with van der Waals surface area (Å²) in [7, 11) is -3.29. The van der Waals surface area contributed by atoms with Crippen molar-refractivity contribution in [2.75, 3.05) is 19.6 Å². The molecule has 2 rings (SSSR count). The van der Waals surface area contributed by atoms with Gasteiger partial charge >= 0.3 is 0 Å². The van der Waals surface area contributed by atoms with Crippen LogP contribution in [-0.4, -0.2) is 48.7 Å². The van der Waals surface area contributed by atoms with Gasteiger partial charge < -0.3 is 5.73 Å². The monoisotopic (exact) mass is 289 g/mol. The van der Waals surface area contributed by atoms with E-state index in [4.69, 9.17) is 5.73 Å². The number of nitrogens with two attached hydrogens (primary N) is 1. The number of piperidine rings is 2. The van der Waals surface area contributed by atoms with E-state index in [1.165, 1.54) is 0 Å². The second kappa shape index (κ2) is 6.08. The van der Waals surface area contributed by atoms with E-state index in [1.54, 1.807) is 8.61 Å². The molecule has 2 fully saturated rings. The summed E-state index contributed by atoms with van der Waals surface area (Å²) >= 11 is 0. The molecule has 0 aromatic carbocycles. The van der Waals surface area contributed by atoms with Crippen molar-refractivity contribution < 1.29 is 8.42 Å². The van der Waals surface area contributed by atoms with E-state index in [1.807, 2.05) is 13.8 Å². The zero-order valence-electron chi connectivity index (χ0n) is 12.1. The van der Waals surface area contributed by atoms with E-state index in [2.05, 4.69) is 0 Å². The van der Waals surface area contributed by atoms with Gasteiger partial charge in [-0.25, -0.2) is 0 Å². The molecule has 0 amide bonds. The maximum Gasteiger partial charge on any atom is 0.282 e. The van der Waals surface area contributed by atoms with Crippen molar-refractivity contribution in [3.63, 3.8) is 0 Å². The average molecular weight is 289 g/mol. The molecule has 0 aromatic heterocycles. The Kier molecular flexibility index (Phi) is 4.87. The molecule has 2 aliphatic rings. The average Bonchev–Trinajstić information content (AvgIpc) is 2.39. The summed E-state index contributed by atoms with van der Waals surface area (Å²) in [6, 6.07) is 0.200. The first-order valence-electron chi connectivity index (χ1n) is 7.45. The molecule has 3 unspecified atom stereocenters. The highest BCUT2D eigenvalue weighted by molar-refractivity contribution is 7.86. The van der Waals surface area contributed by atoms with Crippen LogP contribution in [0.1, 0.15) is 46.0 Å². The van der Waals surface area contributed by atoms with E-state index in [9.17, 15) is 8.42 Å². The van der Waals surface area contributed by atoms with Gasteiger partial charge in [-0.2, -0.15) is 17.0 Å². The minimum Gasteiger partial charge on any atom is -0.328 e. The van der Waals surface area contributed by atoms with Crippen LogP contribution in [-0.2, 0) is 10.2 Å². The van der Waals surface area contributed by atoms with Gasteiger partial charge in [0.2, 0.25) is 0 Å². The first kappa shape index (κ1) is 15.2. The molecule has 0 aliphatic carbocycles. The van der Waals surface area contributed by atoms with Crippen molar-refractivity contribution in [2.24, 2.45) is 11.7 Å². The fourth-order valence-electron chi connectivity index (χ4n) is 3.18. The van der Waals surface area contributed by atoms with Gasteiger partial charge in [0.15, 0.2) is 0 Å². The van der Waals surface area contributed by atoms with Gasteiger partial charge in [0.05, 0.1) is 0 Å². The van der Waals surface area contributed by atoms with Gasteiger partial charge in [0.25, 0.3) is 10.2 Å². The van der Waals surface area contributed by atoms with Gasteiger partial charge in [-0.3, -0.25) is 0 Å². The normalized spacial score (nSPS) is 33.2. The molecule has 6 heteroatoms. The van der Waals surface area contributed by atoms with Gasteiger partial charge in [-0.15, -0.1) is 0 Å². The molecule has 0 aromatic rings. The molecule has 19 heavy (non-hydrogen) atoms. The number of hydrogen-bond acceptors (Lipinski definition) is 3. The van der Waals surface area contributed by atoms with Crippen molar-refractivity contribution in [2.45, 2.75) is 58.0 Å². The van der Waals surface area contributed by atoms with Crippen molar-refractivity contribution in [3.05, 3.63) is 0 Å². The highest BCUT2D eigenvalue weighted by atomic mass is 32.2. The maximum absolute atomic E-state index is 12.7. The van der Waals surface area contributed by atoms with E-state index < -0.39 is 10.2 Å². The van der Waals surface area contributed by atoms with E-state index >= 15 is 0 Å². The Labute approximate surface area is 117 Å². The van der Waals surface area contributed by atoms with Crippen molar-refractivity contribution in [3.8, 4) is 0 Å². The van der Waals surface area contributed by atoms with Gasteiger partial charge in [0.1, 0.15) is 0 Å². The summed E-state index contributed by atoms with van der Waals surface area (Å²) in [6.07, 6.45) is 5.06. The third-order valence-electron chi connectivity index (χ3n) is 4.53. The number of rotatable bonds is 3. The summed E-state index contributed by atoms with van der Waals surface area (Å²) in [5, 5.41) is 0. The van der Waals surface area contributed by atoms with Crippen LogP contribution in [0.3, 0.4) is 0 Å². The van der Waals surface area contributed by atoms with Crippen LogP contribution < -0.4 is 5.73 Å². The predicted octanol–water partition coefficient (Wildman–Crippen LogP) is 1.16. The van der Waals surface area contributed by atoms with Crippen LogP contribution in [0.4, 0.5) is 0 Å². The Bertz CT molecular complexity index is 397. The van der Waals surface area contributed by atoms with Crippen LogP contribution in [0.5, 0.6) is 0 Å². The summed E-state index contributed by atoms with van der Waals surface area (Å²) in [5.41, 5.74) is 5.94. The Morgan fingerprint density at radius 3 is 2.53 bits per heavy atom.